The van der Waals surface area contributed by atoms with E-state index in [1.165, 1.54) is 13.2 Å². The van der Waals surface area contributed by atoms with Crippen molar-refractivity contribution in [2.45, 2.75) is 19.2 Å². The lowest BCUT2D eigenvalue weighted by atomic mass is 10.1. The number of hydrogen-bond acceptors (Lipinski definition) is 4. The SMILES string of the molecule is COc1ccc(CCCN2CCOCC2)c(OC(F)(F)F)c1. The predicted molar refractivity (Wildman–Crippen MR) is 75.3 cm³/mol. The molecule has 0 bridgehead atoms. The number of halogens is 3. The van der Waals surface area contributed by atoms with E-state index in [9.17, 15) is 13.2 Å². The van der Waals surface area contributed by atoms with Crippen molar-refractivity contribution in [2.75, 3.05) is 40.0 Å². The minimum absolute atomic E-state index is 0.186. The summed E-state index contributed by atoms with van der Waals surface area (Å²) in [4.78, 5) is 2.25. The first-order valence-electron chi connectivity index (χ1n) is 7.21. The number of hydrogen-bond donors (Lipinski definition) is 0. The Bertz CT molecular complexity index is 474. The molecule has 124 valence electrons. The molecule has 1 saturated heterocycles. The standard InChI is InChI=1S/C15H20F3NO3/c1-20-13-5-4-12(14(11-13)22-15(16,17)18)3-2-6-19-7-9-21-10-8-19/h4-5,11H,2-3,6-10H2,1H3. The summed E-state index contributed by atoms with van der Waals surface area (Å²) >= 11 is 0. The smallest absolute Gasteiger partial charge is 0.497 e. The van der Waals surface area contributed by atoms with E-state index in [4.69, 9.17) is 9.47 Å². The fourth-order valence-corrected chi connectivity index (χ4v) is 2.41. The topological polar surface area (TPSA) is 30.9 Å². The predicted octanol–water partition coefficient (Wildman–Crippen LogP) is 2.86. The van der Waals surface area contributed by atoms with Crippen LogP contribution in [-0.2, 0) is 11.2 Å². The van der Waals surface area contributed by atoms with Gasteiger partial charge in [-0.15, -0.1) is 13.2 Å². The van der Waals surface area contributed by atoms with Crippen LogP contribution in [0.4, 0.5) is 13.2 Å². The molecule has 1 aliphatic rings. The van der Waals surface area contributed by atoms with Crippen molar-refractivity contribution in [3.8, 4) is 11.5 Å². The third-order valence-electron chi connectivity index (χ3n) is 3.52. The van der Waals surface area contributed by atoms with Crippen LogP contribution < -0.4 is 9.47 Å². The van der Waals surface area contributed by atoms with E-state index >= 15 is 0 Å². The van der Waals surface area contributed by atoms with Gasteiger partial charge in [-0.05, 0) is 31.0 Å². The summed E-state index contributed by atoms with van der Waals surface area (Å²) in [6.07, 6.45) is -3.42. The minimum Gasteiger partial charge on any atom is -0.497 e. The fourth-order valence-electron chi connectivity index (χ4n) is 2.41. The molecule has 1 aromatic carbocycles. The molecule has 0 N–H and O–H groups in total. The van der Waals surface area contributed by atoms with Gasteiger partial charge in [0.15, 0.2) is 0 Å². The molecule has 2 rings (SSSR count). The van der Waals surface area contributed by atoms with Crippen molar-refractivity contribution >= 4 is 0 Å². The number of ether oxygens (including phenoxy) is 3. The van der Waals surface area contributed by atoms with Crippen LogP contribution in [-0.4, -0.2) is 51.2 Å². The van der Waals surface area contributed by atoms with Crippen LogP contribution in [0.3, 0.4) is 0 Å². The lowest BCUT2D eigenvalue weighted by molar-refractivity contribution is -0.274. The van der Waals surface area contributed by atoms with Gasteiger partial charge in [0, 0.05) is 19.2 Å². The molecule has 4 nitrogen and oxygen atoms in total. The van der Waals surface area contributed by atoms with E-state index in [1.807, 2.05) is 0 Å². The van der Waals surface area contributed by atoms with Gasteiger partial charge in [0.1, 0.15) is 11.5 Å². The molecular formula is C15H20F3NO3. The van der Waals surface area contributed by atoms with Crippen molar-refractivity contribution in [1.82, 2.24) is 4.90 Å². The van der Waals surface area contributed by atoms with E-state index in [0.717, 1.165) is 26.1 Å². The van der Waals surface area contributed by atoms with E-state index in [2.05, 4.69) is 9.64 Å². The van der Waals surface area contributed by atoms with E-state index in [1.54, 1.807) is 12.1 Å². The molecule has 0 saturated carbocycles. The zero-order valence-corrected chi connectivity index (χ0v) is 12.5. The summed E-state index contributed by atoms with van der Waals surface area (Å²) in [5, 5.41) is 0. The normalized spacial score (nSPS) is 16.5. The van der Waals surface area contributed by atoms with Gasteiger partial charge < -0.3 is 14.2 Å². The second-order valence-electron chi connectivity index (χ2n) is 5.08. The molecule has 0 aliphatic carbocycles. The Morgan fingerprint density at radius 3 is 2.59 bits per heavy atom. The molecule has 0 amide bonds. The first-order chi connectivity index (χ1) is 10.5. The lowest BCUT2D eigenvalue weighted by Crippen LogP contribution is -2.36. The van der Waals surface area contributed by atoms with Crippen LogP contribution in [0.1, 0.15) is 12.0 Å². The maximum absolute atomic E-state index is 12.5. The minimum atomic E-state index is -4.70. The maximum atomic E-state index is 12.5. The highest BCUT2D eigenvalue weighted by molar-refractivity contribution is 5.41. The average molecular weight is 319 g/mol. The van der Waals surface area contributed by atoms with Crippen LogP contribution in [0.2, 0.25) is 0 Å². The van der Waals surface area contributed by atoms with E-state index < -0.39 is 6.36 Å². The highest BCUT2D eigenvalue weighted by atomic mass is 19.4. The average Bonchev–Trinajstić information content (AvgIpc) is 2.48. The van der Waals surface area contributed by atoms with Gasteiger partial charge >= 0.3 is 6.36 Å². The van der Waals surface area contributed by atoms with Gasteiger partial charge in [-0.1, -0.05) is 6.07 Å². The molecule has 1 aromatic rings. The van der Waals surface area contributed by atoms with Crippen molar-refractivity contribution < 1.29 is 27.4 Å². The van der Waals surface area contributed by atoms with Gasteiger partial charge in [-0.25, -0.2) is 0 Å². The van der Waals surface area contributed by atoms with Gasteiger partial charge in [0.25, 0.3) is 0 Å². The summed E-state index contributed by atoms with van der Waals surface area (Å²) in [6, 6.07) is 4.55. The summed E-state index contributed by atoms with van der Waals surface area (Å²) in [6.45, 7) is 4.00. The van der Waals surface area contributed by atoms with Crippen molar-refractivity contribution in [3.05, 3.63) is 23.8 Å². The number of morpholine rings is 1. The molecule has 1 heterocycles. The number of benzene rings is 1. The van der Waals surface area contributed by atoms with E-state index in [0.29, 0.717) is 30.9 Å². The monoisotopic (exact) mass is 319 g/mol. The Hall–Kier alpha value is -1.47. The van der Waals surface area contributed by atoms with Gasteiger partial charge in [0.05, 0.1) is 20.3 Å². The Balaban J connectivity index is 1.96. The second-order valence-corrected chi connectivity index (χ2v) is 5.08. The molecule has 0 atom stereocenters. The molecule has 0 aromatic heterocycles. The highest BCUT2D eigenvalue weighted by Gasteiger charge is 2.32. The Kier molecular flexibility index (Phi) is 5.90. The number of rotatable bonds is 6. The Morgan fingerprint density at radius 2 is 1.95 bits per heavy atom. The molecular weight excluding hydrogens is 299 g/mol. The quantitative estimate of drug-likeness (QED) is 0.807. The maximum Gasteiger partial charge on any atom is 0.573 e. The van der Waals surface area contributed by atoms with Crippen LogP contribution in [0.15, 0.2) is 18.2 Å². The summed E-state index contributed by atoms with van der Waals surface area (Å²) in [7, 11) is 1.41. The van der Waals surface area contributed by atoms with Crippen molar-refractivity contribution in [1.29, 1.82) is 0 Å². The second kappa shape index (κ2) is 7.69. The van der Waals surface area contributed by atoms with E-state index in [-0.39, 0.29) is 5.75 Å². The zero-order chi connectivity index (χ0) is 16.0. The zero-order valence-electron chi connectivity index (χ0n) is 12.5. The first kappa shape index (κ1) is 16.9. The third-order valence-corrected chi connectivity index (χ3v) is 3.52. The molecule has 0 radical (unpaired) electrons. The van der Waals surface area contributed by atoms with Crippen LogP contribution >= 0.6 is 0 Å². The molecule has 0 spiro atoms. The van der Waals surface area contributed by atoms with Gasteiger partial charge in [-0.3, -0.25) is 4.90 Å². The number of methoxy groups -OCH3 is 1. The van der Waals surface area contributed by atoms with Crippen LogP contribution in [0.5, 0.6) is 11.5 Å². The fraction of sp³-hybridized carbons (Fsp3) is 0.600. The van der Waals surface area contributed by atoms with Gasteiger partial charge in [0.2, 0.25) is 0 Å². The Morgan fingerprint density at radius 1 is 1.23 bits per heavy atom. The molecule has 1 aliphatic heterocycles. The summed E-state index contributed by atoms with van der Waals surface area (Å²) in [5.74, 6) is 0.157. The summed E-state index contributed by atoms with van der Waals surface area (Å²) in [5.41, 5.74) is 0.534. The lowest BCUT2D eigenvalue weighted by Gasteiger charge is -2.26. The number of aryl methyl sites for hydroxylation is 1. The molecule has 7 heteroatoms. The number of alkyl halides is 3. The van der Waals surface area contributed by atoms with Gasteiger partial charge in [-0.2, -0.15) is 0 Å². The largest absolute Gasteiger partial charge is 0.573 e. The van der Waals surface area contributed by atoms with Crippen LogP contribution in [0.25, 0.3) is 0 Å². The van der Waals surface area contributed by atoms with Crippen molar-refractivity contribution in [3.63, 3.8) is 0 Å². The van der Waals surface area contributed by atoms with Crippen molar-refractivity contribution in [2.24, 2.45) is 0 Å². The highest BCUT2D eigenvalue weighted by Crippen LogP contribution is 2.31. The third kappa shape index (κ3) is 5.38. The Labute approximate surface area is 127 Å². The summed E-state index contributed by atoms with van der Waals surface area (Å²) < 4.78 is 51.8. The molecule has 1 fully saturated rings. The molecule has 22 heavy (non-hydrogen) atoms. The van der Waals surface area contributed by atoms with Crippen LogP contribution in [0, 0.1) is 0 Å². The molecule has 0 unspecified atom stereocenters. The first-order valence-corrected chi connectivity index (χ1v) is 7.21. The number of nitrogens with zero attached hydrogens (tertiary/aromatic N) is 1.